The van der Waals surface area contributed by atoms with E-state index in [0.29, 0.717) is 22.1 Å². The van der Waals surface area contributed by atoms with Gasteiger partial charge in [0.25, 0.3) is 5.91 Å². The molecule has 0 radical (unpaired) electrons. The zero-order chi connectivity index (χ0) is 21.0. The molecule has 2 amide bonds. The number of anilines is 2. The second-order valence-corrected chi connectivity index (χ2v) is 7.12. The highest BCUT2D eigenvalue weighted by Gasteiger charge is 2.37. The fourth-order valence-corrected chi connectivity index (χ4v) is 3.34. The molecular formula is C20H18Cl2N2O5. The van der Waals surface area contributed by atoms with Crippen molar-refractivity contribution in [2.45, 2.75) is 6.42 Å². The maximum absolute atomic E-state index is 12.4. The van der Waals surface area contributed by atoms with E-state index < -0.39 is 24.4 Å². The summed E-state index contributed by atoms with van der Waals surface area (Å²) in [5.74, 6) is -1.54. The lowest BCUT2D eigenvalue weighted by Crippen LogP contribution is -2.28. The number of nitrogens with zero attached hydrogens (tertiary/aromatic N) is 1. The standard InChI is InChI=1S/C20H18Cl2N2O5/c1-28-16-8-3-2-7-15(16)24-10-12(9-18(24)26)20(27)29-11-17(25)23-14-6-4-5-13(21)19(14)22/h2-8,12H,9-11H2,1H3,(H,23,25)/t12-/m0/s1. The molecule has 1 aliphatic heterocycles. The third kappa shape index (κ3) is 4.81. The van der Waals surface area contributed by atoms with Gasteiger partial charge in [-0.05, 0) is 24.3 Å². The average molecular weight is 437 g/mol. The number of ether oxygens (including phenoxy) is 2. The summed E-state index contributed by atoms with van der Waals surface area (Å²) in [7, 11) is 1.51. The van der Waals surface area contributed by atoms with Gasteiger partial charge in [0, 0.05) is 13.0 Å². The molecule has 1 saturated heterocycles. The van der Waals surface area contributed by atoms with E-state index in [2.05, 4.69) is 5.32 Å². The molecule has 1 atom stereocenters. The lowest BCUT2D eigenvalue weighted by atomic mass is 10.1. The Hall–Kier alpha value is -2.77. The van der Waals surface area contributed by atoms with Gasteiger partial charge in [-0.2, -0.15) is 0 Å². The number of halogens is 2. The molecule has 0 saturated carbocycles. The summed E-state index contributed by atoms with van der Waals surface area (Å²) in [6.07, 6.45) is -0.00137. The molecule has 1 N–H and O–H groups in total. The number of methoxy groups -OCH3 is 1. The van der Waals surface area contributed by atoms with Crippen molar-refractivity contribution in [2.24, 2.45) is 5.92 Å². The fourth-order valence-electron chi connectivity index (χ4n) is 2.99. The monoisotopic (exact) mass is 436 g/mol. The molecule has 0 aromatic heterocycles. The summed E-state index contributed by atoms with van der Waals surface area (Å²) in [4.78, 5) is 38.2. The second-order valence-electron chi connectivity index (χ2n) is 6.33. The van der Waals surface area contributed by atoms with Crippen LogP contribution in [0.15, 0.2) is 42.5 Å². The minimum Gasteiger partial charge on any atom is -0.495 e. The van der Waals surface area contributed by atoms with Crippen molar-refractivity contribution < 1.29 is 23.9 Å². The summed E-state index contributed by atoms with van der Waals surface area (Å²) in [6.45, 7) is -0.346. The van der Waals surface area contributed by atoms with Crippen LogP contribution >= 0.6 is 23.2 Å². The Kier molecular flexibility index (Phi) is 6.61. The molecule has 1 heterocycles. The molecule has 1 fully saturated rings. The number of para-hydroxylation sites is 2. The zero-order valence-electron chi connectivity index (χ0n) is 15.5. The Labute approximate surface area is 177 Å². The normalized spacial score (nSPS) is 15.9. The summed E-state index contributed by atoms with van der Waals surface area (Å²) < 4.78 is 10.4. The van der Waals surface area contributed by atoms with Crippen LogP contribution in [0, 0.1) is 5.92 Å². The van der Waals surface area contributed by atoms with Gasteiger partial charge in [0.2, 0.25) is 5.91 Å². The van der Waals surface area contributed by atoms with Gasteiger partial charge in [0.15, 0.2) is 6.61 Å². The van der Waals surface area contributed by atoms with E-state index in [1.807, 2.05) is 0 Å². The number of amides is 2. The number of carbonyl (C=O) groups is 3. The van der Waals surface area contributed by atoms with E-state index in [0.717, 1.165) is 0 Å². The van der Waals surface area contributed by atoms with Crippen LogP contribution < -0.4 is 15.0 Å². The Morgan fingerprint density at radius 3 is 2.69 bits per heavy atom. The Morgan fingerprint density at radius 1 is 1.17 bits per heavy atom. The van der Waals surface area contributed by atoms with Crippen LogP contribution in [-0.4, -0.2) is 38.0 Å². The van der Waals surface area contributed by atoms with E-state index in [4.69, 9.17) is 32.7 Å². The molecule has 9 heteroatoms. The Bertz CT molecular complexity index is 950. The van der Waals surface area contributed by atoms with Crippen molar-refractivity contribution in [1.82, 2.24) is 0 Å². The highest BCUT2D eigenvalue weighted by Crippen LogP contribution is 2.33. The van der Waals surface area contributed by atoms with Crippen LogP contribution in [0.2, 0.25) is 10.0 Å². The third-order valence-corrected chi connectivity index (χ3v) is 5.22. The number of benzene rings is 2. The van der Waals surface area contributed by atoms with E-state index >= 15 is 0 Å². The fraction of sp³-hybridized carbons (Fsp3) is 0.250. The quantitative estimate of drug-likeness (QED) is 0.699. The number of esters is 1. The number of hydrogen-bond donors (Lipinski definition) is 1. The van der Waals surface area contributed by atoms with Crippen molar-refractivity contribution in [1.29, 1.82) is 0 Å². The molecule has 1 aliphatic rings. The van der Waals surface area contributed by atoms with Crippen molar-refractivity contribution in [2.75, 3.05) is 30.5 Å². The van der Waals surface area contributed by atoms with Gasteiger partial charge in [-0.3, -0.25) is 14.4 Å². The molecule has 0 bridgehead atoms. The van der Waals surface area contributed by atoms with Crippen LogP contribution in [-0.2, 0) is 19.1 Å². The van der Waals surface area contributed by atoms with Crippen molar-refractivity contribution >= 4 is 52.4 Å². The van der Waals surface area contributed by atoms with Crippen molar-refractivity contribution in [3.05, 3.63) is 52.5 Å². The maximum Gasteiger partial charge on any atom is 0.311 e. The van der Waals surface area contributed by atoms with Gasteiger partial charge in [-0.25, -0.2) is 0 Å². The number of nitrogens with one attached hydrogen (secondary N) is 1. The highest BCUT2D eigenvalue weighted by molar-refractivity contribution is 6.44. The molecule has 0 aliphatic carbocycles. The lowest BCUT2D eigenvalue weighted by molar-refractivity contribution is -0.151. The zero-order valence-corrected chi connectivity index (χ0v) is 17.0. The van der Waals surface area contributed by atoms with Crippen LogP contribution in [0.5, 0.6) is 5.75 Å². The lowest BCUT2D eigenvalue weighted by Gasteiger charge is -2.19. The minimum absolute atomic E-state index is 0.00137. The molecule has 3 rings (SSSR count). The first-order valence-corrected chi connectivity index (χ1v) is 9.50. The molecule has 2 aromatic rings. The average Bonchev–Trinajstić information content (AvgIpc) is 3.11. The predicted octanol–water partition coefficient (Wildman–Crippen LogP) is 3.54. The van der Waals surface area contributed by atoms with Gasteiger partial charge >= 0.3 is 5.97 Å². The van der Waals surface area contributed by atoms with Crippen LogP contribution in [0.3, 0.4) is 0 Å². The number of carbonyl (C=O) groups excluding carboxylic acids is 3. The number of hydrogen-bond acceptors (Lipinski definition) is 5. The van der Waals surface area contributed by atoms with Crippen LogP contribution in [0.25, 0.3) is 0 Å². The second kappa shape index (κ2) is 9.15. The van der Waals surface area contributed by atoms with Gasteiger partial charge in [-0.1, -0.05) is 41.4 Å². The van der Waals surface area contributed by atoms with Crippen molar-refractivity contribution in [3.63, 3.8) is 0 Å². The Balaban J connectivity index is 1.57. The molecule has 0 spiro atoms. The molecular weight excluding hydrogens is 419 g/mol. The molecule has 2 aromatic carbocycles. The van der Waals surface area contributed by atoms with Gasteiger partial charge < -0.3 is 19.7 Å². The van der Waals surface area contributed by atoms with Crippen LogP contribution in [0.4, 0.5) is 11.4 Å². The van der Waals surface area contributed by atoms with Gasteiger partial charge in [0.1, 0.15) is 5.75 Å². The third-order valence-electron chi connectivity index (χ3n) is 4.41. The summed E-state index contributed by atoms with van der Waals surface area (Å²) in [5, 5.41) is 3.02. The maximum atomic E-state index is 12.4. The molecule has 7 nitrogen and oxygen atoms in total. The molecule has 0 unspecified atom stereocenters. The largest absolute Gasteiger partial charge is 0.495 e. The topological polar surface area (TPSA) is 84.9 Å². The van der Waals surface area contributed by atoms with Gasteiger partial charge in [0.05, 0.1) is 34.4 Å². The summed E-state index contributed by atoms with van der Waals surface area (Å²) >= 11 is 11.9. The summed E-state index contributed by atoms with van der Waals surface area (Å²) in [5.41, 5.74) is 0.905. The first-order valence-electron chi connectivity index (χ1n) is 8.74. The number of rotatable bonds is 6. The van der Waals surface area contributed by atoms with E-state index in [-0.39, 0.29) is 23.9 Å². The van der Waals surface area contributed by atoms with Gasteiger partial charge in [-0.15, -0.1) is 0 Å². The van der Waals surface area contributed by atoms with E-state index in [1.54, 1.807) is 42.5 Å². The Morgan fingerprint density at radius 2 is 1.93 bits per heavy atom. The van der Waals surface area contributed by atoms with E-state index in [1.165, 1.54) is 12.0 Å². The first-order chi connectivity index (χ1) is 13.9. The predicted molar refractivity (Wildman–Crippen MR) is 110 cm³/mol. The molecule has 29 heavy (non-hydrogen) atoms. The van der Waals surface area contributed by atoms with Crippen molar-refractivity contribution in [3.8, 4) is 5.75 Å². The SMILES string of the molecule is COc1ccccc1N1C[C@@H](C(=O)OCC(=O)Nc2cccc(Cl)c2Cl)CC1=O. The minimum atomic E-state index is -0.671. The van der Waals surface area contributed by atoms with Crippen LogP contribution in [0.1, 0.15) is 6.42 Å². The molecule has 152 valence electrons. The summed E-state index contributed by atoms with van der Waals surface area (Å²) in [6, 6.07) is 11.8. The smallest absolute Gasteiger partial charge is 0.311 e. The first kappa shape index (κ1) is 21.0. The van der Waals surface area contributed by atoms with E-state index in [9.17, 15) is 14.4 Å². The highest BCUT2D eigenvalue weighted by atomic mass is 35.5.